The Morgan fingerprint density at radius 2 is 1.59 bits per heavy atom. The first-order valence-corrected chi connectivity index (χ1v) is 15.4. The van der Waals surface area contributed by atoms with Crippen molar-refractivity contribution in [1.29, 1.82) is 0 Å². The summed E-state index contributed by atoms with van der Waals surface area (Å²) >= 11 is 9.45. The molecule has 0 saturated carbocycles. The number of amides is 2. The molecule has 0 spiro atoms. The molecule has 0 bridgehead atoms. The Morgan fingerprint density at radius 3 is 2.15 bits per heavy atom. The van der Waals surface area contributed by atoms with Crippen molar-refractivity contribution < 1.29 is 18.0 Å². The number of carbonyl (C=O) groups excluding carboxylic acids is 2. The topological polar surface area (TPSA) is 86.8 Å². The summed E-state index contributed by atoms with van der Waals surface area (Å²) in [6, 6.07) is 22.2. The van der Waals surface area contributed by atoms with E-state index in [1.807, 2.05) is 51.1 Å². The lowest BCUT2D eigenvalue weighted by molar-refractivity contribution is -0.140. The summed E-state index contributed by atoms with van der Waals surface area (Å²) in [4.78, 5) is 29.2. The van der Waals surface area contributed by atoms with Gasteiger partial charge in [0.25, 0.3) is 0 Å². The summed E-state index contributed by atoms with van der Waals surface area (Å²) in [5.74, 6) is -0.845. The second-order valence-corrected chi connectivity index (χ2v) is 13.6. The van der Waals surface area contributed by atoms with Crippen LogP contribution in [0.4, 0.5) is 5.69 Å². The van der Waals surface area contributed by atoms with E-state index in [9.17, 15) is 18.0 Å². The SMILES string of the molecule is CC(C)(C)NC(=O)[C@@H](Cc1ccccc1)N(Cc1ccc(Cl)cc1)C(=O)CN(c1cccc(Br)c1)S(C)(=O)=O. The fraction of sp³-hybridized carbons (Fsp3) is 0.310. The predicted molar refractivity (Wildman–Crippen MR) is 160 cm³/mol. The summed E-state index contributed by atoms with van der Waals surface area (Å²) in [6.07, 6.45) is 1.30. The van der Waals surface area contributed by atoms with Gasteiger partial charge in [0.15, 0.2) is 0 Å². The maximum absolute atomic E-state index is 14.0. The average molecular weight is 635 g/mol. The normalized spacial score (nSPS) is 12.5. The molecule has 0 aliphatic carbocycles. The second-order valence-electron chi connectivity index (χ2n) is 10.3. The van der Waals surface area contributed by atoms with Gasteiger partial charge in [0, 0.05) is 28.0 Å². The number of benzene rings is 3. The highest BCUT2D eigenvalue weighted by Gasteiger charge is 2.34. The molecule has 0 aromatic heterocycles. The molecule has 7 nitrogen and oxygen atoms in total. The maximum Gasteiger partial charge on any atom is 0.244 e. The fourth-order valence-corrected chi connectivity index (χ4v) is 5.39. The van der Waals surface area contributed by atoms with Gasteiger partial charge in [-0.1, -0.05) is 76.1 Å². The molecule has 1 atom stereocenters. The third-order valence-corrected chi connectivity index (χ3v) is 7.70. The highest BCUT2D eigenvalue weighted by Crippen LogP contribution is 2.24. The minimum absolute atomic E-state index is 0.0845. The van der Waals surface area contributed by atoms with Crippen molar-refractivity contribution in [1.82, 2.24) is 10.2 Å². The standard InChI is InChI=1S/C29H33BrClN3O4S/c1-29(2,3)32-28(36)26(17-21-9-6-5-7-10-21)33(19-22-13-15-24(31)16-14-22)27(35)20-34(39(4,37)38)25-12-8-11-23(30)18-25/h5-16,18,26H,17,19-20H2,1-4H3,(H,32,36)/t26-/m1/s1. The van der Waals surface area contributed by atoms with Gasteiger partial charge in [-0.2, -0.15) is 0 Å². The minimum atomic E-state index is -3.83. The Labute approximate surface area is 244 Å². The molecular weight excluding hydrogens is 602 g/mol. The Hall–Kier alpha value is -2.88. The van der Waals surface area contributed by atoms with Crippen molar-refractivity contribution in [2.75, 3.05) is 17.1 Å². The molecule has 2 amide bonds. The summed E-state index contributed by atoms with van der Waals surface area (Å²) in [5.41, 5.74) is 1.41. The van der Waals surface area contributed by atoms with E-state index in [0.717, 1.165) is 21.7 Å². The predicted octanol–water partition coefficient (Wildman–Crippen LogP) is 5.42. The number of nitrogens with one attached hydrogen (secondary N) is 1. The number of anilines is 1. The Kier molecular flexibility index (Phi) is 10.2. The average Bonchev–Trinajstić information content (AvgIpc) is 2.84. The first-order chi connectivity index (χ1) is 18.2. The van der Waals surface area contributed by atoms with E-state index in [1.165, 1.54) is 4.90 Å². The number of sulfonamides is 1. The lowest BCUT2D eigenvalue weighted by Gasteiger charge is -2.35. The number of halogens is 2. The summed E-state index contributed by atoms with van der Waals surface area (Å²) < 4.78 is 27.4. The van der Waals surface area contributed by atoms with Crippen molar-refractivity contribution in [3.8, 4) is 0 Å². The van der Waals surface area contributed by atoms with Crippen LogP contribution in [0.5, 0.6) is 0 Å². The monoisotopic (exact) mass is 633 g/mol. The van der Waals surface area contributed by atoms with Crippen LogP contribution in [0.3, 0.4) is 0 Å². The van der Waals surface area contributed by atoms with Crippen molar-refractivity contribution in [2.24, 2.45) is 0 Å². The highest BCUT2D eigenvalue weighted by atomic mass is 79.9. The van der Waals surface area contributed by atoms with Gasteiger partial charge in [-0.15, -0.1) is 0 Å². The second kappa shape index (κ2) is 13.0. The molecule has 0 heterocycles. The third-order valence-electron chi connectivity index (χ3n) is 5.81. The van der Waals surface area contributed by atoms with Crippen LogP contribution in [0.2, 0.25) is 5.02 Å². The van der Waals surface area contributed by atoms with Crippen LogP contribution in [0, 0.1) is 0 Å². The van der Waals surface area contributed by atoms with Gasteiger partial charge in [0.05, 0.1) is 11.9 Å². The van der Waals surface area contributed by atoms with Crippen molar-refractivity contribution in [3.05, 3.63) is 99.5 Å². The van der Waals surface area contributed by atoms with E-state index in [-0.39, 0.29) is 18.9 Å². The Bertz CT molecular complexity index is 1390. The van der Waals surface area contributed by atoms with E-state index in [1.54, 1.807) is 48.5 Å². The van der Waals surface area contributed by atoms with Crippen LogP contribution in [0.25, 0.3) is 0 Å². The number of rotatable bonds is 10. The van der Waals surface area contributed by atoms with Crippen LogP contribution in [0.15, 0.2) is 83.3 Å². The summed E-state index contributed by atoms with van der Waals surface area (Å²) in [7, 11) is -3.83. The molecule has 3 rings (SSSR count). The first-order valence-electron chi connectivity index (χ1n) is 12.4. The molecule has 0 radical (unpaired) electrons. The molecule has 0 aliphatic heterocycles. The molecule has 208 valence electrons. The van der Waals surface area contributed by atoms with E-state index in [4.69, 9.17) is 11.6 Å². The fourth-order valence-electron chi connectivity index (χ4n) is 4.04. The van der Waals surface area contributed by atoms with Crippen LogP contribution in [0.1, 0.15) is 31.9 Å². The zero-order valence-electron chi connectivity index (χ0n) is 22.4. The number of carbonyl (C=O) groups is 2. The van der Waals surface area contributed by atoms with Gasteiger partial charge in [-0.25, -0.2) is 8.42 Å². The van der Waals surface area contributed by atoms with Gasteiger partial charge in [-0.05, 0) is 62.2 Å². The minimum Gasteiger partial charge on any atom is -0.350 e. The Balaban J connectivity index is 2.07. The molecule has 0 aliphatic rings. The number of hydrogen-bond acceptors (Lipinski definition) is 4. The van der Waals surface area contributed by atoms with Crippen molar-refractivity contribution in [2.45, 2.75) is 45.3 Å². The highest BCUT2D eigenvalue weighted by molar-refractivity contribution is 9.10. The number of nitrogens with zero attached hydrogens (tertiary/aromatic N) is 2. The lowest BCUT2D eigenvalue weighted by atomic mass is 10.0. The van der Waals surface area contributed by atoms with Gasteiger partial charge in [0.1, 0.15) is 12.6 Å². The van der Waals surface area contributed by atoms with Gasteiger partial charge in [-0.3, -0.25) is 13.9 Å². The van der Waals surface area contributed by atoms with Crippen LogP contribution in [-0.4, -0.2) is 49.5 Å². The van der Waals surface area contributed by atoms with Crippen molar-refractivity contribution in [3.63, 3.8) is 0 Å². The lowest BCUT2D eigenvalue weighted by Crippen LogP contribution is -2.56. The van der Waals surface area contributed by atoms with Gasteiger partial charge < -0.3 is 10.2 Å². The van der Waals surface area contributed by atoms with E-state index in [2.05, 4.69) is 21.2 Å². The Morgan fingerprint density at radius 1 is 0.949 bits per heavy atom. The van der Waals surface area contributed by atoms with Crippen LogP contribution >= 0.6 is 27.5 Å². The number of hydrogen-bond donors (Lipinski definition) is 1. The molecule has 0 unspecified atom stereocenters. The van der Waals surface area contributed by atoms with E-state index < -0.39 is 34.1 Å². The third kappa shape index (κ3) is 9.37. The molecular formula is C29H33BrClN3O4S. The summed E-state index contributed by atoms with van der Waals surface area (Å²) in [5, 5.41) is 3.54. The largest absolute Gasteiger partial charge is 0.350 e. The van der Waals surface area contributed by atoms with E-state index in [0.29, 0.717) is 15.2 Å². The first kappa shape index (κ1) is 30.7. The van der Waals surface area contributed by atoms with Gasteiger partial charge >= 0.3 is 0 Å². The van der Waals surface area contributed by atoms with Crippen molar-refractivity contribution >= 4 is 55.1 Å². The molecule has 1 N–H and O–H groups in total. The smallest absolute Gasteiger partial charge is 0.244 e. The summed E-state index contributed by atoms with van der Waals surface area (Å²) in [6.45, 7) is 5.22. The van der Waals surface area contributed by atoms with Crippen LogP contribution in [-0.2, 0) is 32.6 Å². The zero-order valence-corrected chi connectivity index (χ0v) is 25.6. The van der Waals surface area contributed by atoms with E-state index >= 15 is 0 Å². The molecule has 0 fully saturated rings. The van der Waals surface area contributed by atoms with Gasteiger partial charge in [0.2, 0.25) is 21.8 Å². The molecule has 3 aromatic rings. The molecule has 39 heavy (non-hydrogen) atoms. The quantitative estimate of drug-likeness (QED) is 0.323. The molecule has 10 heteroatoms. The zero-order chi connectivity index (χ0) is 28.8. The maximum atomic E-state index is 14.0. The molecule has 0 saturated heterocycles. The molecule has 3 aromatic carbocycles. The van der Waals surface area contributed by atoms with Crippen LogP contribution < -0.4 is 9.62 Å².